The van der Waals surface area contributed by atoms with Gasteiger partial charge in [0.1, 0.15) is 0 Å². The Bertz CT molecular complexity index is 379. The van der Waals surface area contributed by atoms with E-state index in [4.69, 9.17) is 5.11 Å². The molecule has 0 aromatic heterocycles. The molecule has 0 saturated carbocycles. The van der Waals surface area contributed by atoms with Gasteiger partial charge in [-0.2, -0.15) is 0 Å². The van der Waals surface area contributed by atoms with Gasteiger partial charge >= 0.3 is 5.97 Å². The summed E-state index contributed by atoms with van der Waals surface area (Å²) in [4.78, 5) is 13.0. The normalized spacial score (nSPS) is 10.8. The lowest BCUT2D eigenvalue weighted by Gasteiger charge is -2.16. The number of carbonyl (C=O) groups is 1. The molecule has 0 unspecified atom stereocenters. The quantitative estimate of drug-likeness (QED) is 0.904. The van der Waals surface area contributed by atoms with Crippen molar-refractivity contribution in [3.8, 4) is 0 Å². The van der Waals surface area contributed by atoms with Crippen molar-refractivity contribution in [3.63, 3.8) is 0 Å². The van der Waals surface area contributed by atoms with Gasteiger partial charge in [-0.1, -0.05) is 28.9 Å². The highest BCUT2D eigenvalue weighted by Crippen LogP contribution is 2.20. The second-order valence-electron chi connectivity index (χ2n) is 3.85. The van der Waals surface area contributed by atoms with E-state index in [9.17, 15) is 4.79 Å². The Kier molecular flexibility index (Phi) is 4.96. The summed E-state index contributed by atoms with van der Waals surface area (Å²) in [6, 6.07) is 5.15. The lowest BCUT2D eigenvalue weighted by Crippen LogP contribution is -2.18. The molecule has 1 aromatic carbocycles. The van der Waals surface area contributed by atoms with Crippen LogP contribution in [0.4, 0.5) is 0 Å². The van der Waals surface area contributed by atoms with Crippen LogP contribution >= 0.6 is 15.9 Å². The van der Waals surface area contributed by atoms with Crippen LogP contribution < -0.4 is 0 Å². The third-order valence-corrected chi connectivity index (χ3v) is 3.08. The first kappa shape index (κ1) is 13.2. The van der Waals surface area contributed by atoms with Gasteiger partial charge in [0.25, 0.3) is 0 Å². The number of halogens is 1. The molecule has 1 aromatic rings. The highest BCUT2D eigenvalue weighted by atomic mass is 79.9. The molecule has 0 spiro atoms. The van der Waals surface area contributed by atoms with Crippen molar-refractivity contribution < 1.29 is 9.90 Å². The Balaban J connectivity index is 2.79. The van der Waals surface area contributed by atoms with Gasteiger partial charge in [0.05, 0.1) is 5.56 Å². The summed E-state index contributed by atoms with van der Waals surface area (Å²) in [5.41, 5.74) is 1.43. The summed E-state index contributed by atoms with van der Waals surface area (Å²) >= 11 is 3.41. The summed E-state index contributed by atoms with van der Waals surface area (Å²) in [5, 5.41) is 8.84. The van der Waals surface area contributed by atoms with Crippen LogP contribution in [0.5, 0.6) is 0 Å². The highest BCUT2D eigenvalue weighted by molar-refractivity contribution is 9.10. The van der Waals surface area contributed by atoms with Gasteiger partial charge in [0.15, 0.2) is 0 Å². The minimum atomic E-state index is -0.894. The maximum Gasteiger partial charge on any atom is 0.335 e. The second kappa shape index (κ2) is 6.01. The summed E-state index contributed by atoms with van der Waals surface area (Å²) < 4.78 is 0.857. The molecular weight excluding hydrogens is 270 g/mol. The minimum absolute atomic E-state index is 0.314. The van der Waals surface area contributed by atoms with E-state index in [0.29, 0.717) is 5.56 Å². The standard InChI is InChI=1S/C12H16BrNO2/c1-3-6-14(2)8-10-5-4-9(12(15)16)7-11(10)13/h4-5,7H,3,6,8H2,1-2H3,(H,15,16). The SMILES string of the molecule is CCCN(C)Cc1ccc(C(=O)O)cc1Br. The fraction of sp³-hybridized carbons (Fsp3) is 0.417. The molecule has 1 rings (SSSR count). The van der Waals surface area contributed by atoms with Gasteiger partial charge in [-0.25, -0.2) is 4.79 Å². The molecule has 16 heavy (non-hydrogen) atoms. The van der Waals surface area contributed by atoms with Crippen LogP contribution in [0.3, 0.4) is 0 Å². The van der Waals surface area contributed by atoms with Crippen LogP contribution in [0.15, 0.2) is 22.7 Å². The molecule has 3 nitrogen and oxygen atoms in total. The monoisotopic (exact) mass is 285 g/mol. The van der Waals surface area contributed by atoms with Crippen molar-refractivity contribution in [2.24, 2.45) is 0 Å². The Morgan fingerprint density at radius 2 is 2.19 bits per heavy atom. The number of rotatable bonds is 5. The molecule has 0 heterocycles. The molecule has 0 fully saturated rings. The molecule has 4 heteroatoms. The number of benzene rings is 1. The zero-order valence-corrected chi connectivity index (χ0v) is 11.1. The number of aromatic carboxylic acids is 1. The summed E-state index contributed by atoms with van der Waals surface area (Å²) in [5.74, 6) is -0.894. The predicted octanol–water partition coefficient (Wildman–Crippen LogP) is 2.99. The average molecular weight is 286 g/mol. The van der Waals surface area contributed by atoms with E-state index in [-0.39, 0.29) is 0 Å². The van der Waals surface area contributed by atoms with Crippen LogP contribution in [0.2, 0.25) is 0 Å². The zero-order chi connectivity index (χ0) is 12.1. The number of nitrogens with zero attached hydrogens (tertiary/aromatic N) is 1. The molecule has 0 aliphatic rings. The molecule has 1 N–H and O–H groups in total. The van der Waals surface area contributed by atoms with Crippen LogP contribution in [0.1, 0.15) is 29.3 Å². The minimum Gasteiger partial charge on any atom is -0.478 e. The number of hydrogen-bond acceptors (Lipinski definition) is 2. The van der Waals surface area contributed by atoms with E-state index in [1.165, 1.54) is 0 Å². The second-order valence-corrected chi connectivity index (χ2v) is 4.70. The third-order valence-electron chi connectivity index (χ3n) is 2.35. The van der Waals surface area contributed by atoms with Crippen molar-refractivity contribution in [3.05, 3.63) is 33.8 Å². The first-order valence-electron chi connectivity index (χ1n) is 5.25. The molecule has 0 saturated heterocycles. The largest absolute Gasteiger partial charge is 0.478 e. The van der Waals surface area contributed by atoms with Crippen LogP contribution in [-0.4, -0.2) is 29.6 Å². The van der Waals surface area contributed by atoms with Crippen LogP contribution in [0.25, 0.3) is 0 Å². The summed E-state index contributed by atoms with van der Waals surface area (Å²) in [6.07, 6.45) is 1.11. The zero-order valence-electron chi connectivity index (χ0n) is 9.53. The van der Waals surface area contributed by atoms with Crippen molar-refractivity contribution in [1.29, 1.82) is 0 Å². The fourth-order valence-electron chi connectivity index (χ4n) is 1.56. The highest BCUT2D eigenvalue weighted by Gasteiger charge is 2.08. The third kappa shape index (κ3) is 3.61. The Morgan fingerprint density at radius 3 is 2.69 bits per heavy atom. The first-order chi connectivity index (χ1) is 7.54. The van der Waals surface area contributed by atoms with Gasteiger partial charge in [-0.05, 0) is 37.7 Å². The number of carboxylic acid groups (broad SMARTS) is 1. The predicted molar refractivity (Wildman–Crippen MR) is 67.7 cm³/mol. The van der Waals surface area contributed by atoms with Gasteiger partial charge in [-0.3, -0.25) is 0 Å². The van der Waals surface area contributed by atoms with Gasteiger partial charge in [-0.15, -0.1) is 0 Å². The lowest BCUT2D eigenvalue weighted by atomic mass is 10.1. The smallest absolute Gasteiger partial charge is 0.335 e. The van der Waals surface area contributed by atoms with E-state index in [0.717, 1.165) is 29.5 Å². The van der Waals surface area contributed by atoms with E-state index >= 15 is 0 Å². The molecule has 0 atom stereocenters. The molecule has 0 bridgehead atoms. The maximum atomic E-state index is 10.8. The molecule has 0 radical (unpaired) electrons. The van der Waals surface area contributed by atoms with Crippen molar-refractivity contribution in [1.82, 2.24) is 4.90 Å². The Morgan fingerprint density at radius 1 is 1.50 bits per heavy atom. The van der Waals surface area contributed by atoms with Crippen LogP contribution in [0, 0.1) is 0 Å². The topological polar surface area (TPSA) is 40.5 Å². The molecule has 0 aliphatic carbocycles. The van der Waals surface area contributed by atoms with Crippen LogP contribution in [-0.2, 0) is 6.54 Å². The van der Waals surface area contributed by atoms with Gasteiger partial charge in [0, 0.05) is 11.0 Å². The van der Waals surface area contributed by atoms with E-state index in [2.05, 4.69) is 34.8 Å². The molecule has 88 valence electrons. The van der Waals surface area contributed by atoms with Gasteiger partial charge < -0.3 is 10.0 Å². The molecular formula is C12H16BrNO2. The summed E-state index contributed by atoms with van der Waals surface area (Å²) in [7, 11) is 2.06. The molecule has 0 amide bonds. The van der Waals surface area contributed by atoms with E-state index < -0.39 is 5.97 Å². The van der Waals surface area contributed by atoms with E-state index in [1.54, 1.807) is 12.1 Å². The number of hydrogen-bond donors (Lipinski definition) is 1. The van der Waals surface area contributed by atoms with Crippen molar-refractivity contribution in [2.75, 3.05) is 13.6 Å². The fourth-order valence-corrected chi connectivity index (χ4v) is 2.06. The Labute approximate surface area is 104 Å². The molecule has 0 aliphatic heterocycles. The average Bonchev–Trinajstić information content (AvgIpc) is 2.21. The lowest BCUT2D eigenvalue weighted by molar-refractivity contribution is 0.0697. The number of carboxylic acids is 1. The Hall–Kier alpha value is -0.870. The van der Waals surface area contributed by atoms with Crippen molar-refractivity contribution >= 4 is 21.9 Å². The van der Waals surface area contributed by atoms with Crippen molar-refractivity contribution in [2.45, 2.75) is 19.9 Å². The maximum absolute atomic E-state index is 10.8. The van der Waals surface area contributed by atoms with Gasteiger partial charge in [0.2, 0.25) is 0 Å². The van der Waals surface area contributed by atoms with E-state index in [1.807, 2.05) is 6.07 Å². The first-order valence-corrected chi connectivity index (χ1v) is 6.04. The summed E-state index contributed by atoms with van der Waals surface area (Å²) in [6.45, 7) is 4.00.